The Balaban J connectivity index is 1.88. The molecule has 0 aliphatic carbocycles. The van der Waals surface area contributed by atoms with Crippen molar-refractivity contribution in [1.82, 2.24) is 0 Å². The fraction of sp³-hybridized carbons (Fsp3) is 0.200. The summed E-state index contributed by atoms with van der Waals surface area (Å²) in [6.07, 6.45) is 1.06. The van der Waals surface area contributed by atoms with Crippen LogP contribution in [0, 0.1) is 0 Å². The van der Waals surface area contributed by atoms with Crippen molar-refractivity contribution < 1.29 is 13.2 Å². The third kappa shape index (κ3) is 2.99. The quantitative estimate of drug-likeness (QED) is 0.921. The first-order valence-electron chi connectivity index (χ1n) is 6.43. The highest BCUT2D eigenvalue weighted by Crippen LogP contribution is 2.35. The van der Waals surface area contributed by atoms with E-state index in [9.17, 15) is 8.42 Å². The van der Waals surface area contributed by atoms with Gasteiger partial charge in [-0.1, -0.05) is 23.7 Å². The Labute approximate surface area is 128 Å². The van der Waals surface area contributed by atoms with E-state index in [4.69, 9.17) is 16.3 Å². The molecule has 1 aliphatic heterocycles. The van der Waals surface area contributed by atoms with E-state index in [1.807, 2.05) is 24.3 Å². The van der Waals surface area contributed by atoms with Gasteiger partial charge in [-0.25, -0.2) is 8.42 Å². The second kappa shape index (κ2) is 5.24. The molecule has 0 amide bonds. The molecule has 1 unspecified atom stereocenters. The van der Waals surface area contributed by atoms with Gasteiger partial charge in [0.05, 0.1) is 17.1 Å². The van der Waals surface area contributed by atoms with Crippen molar-refractivity contribution in [3.05, 3.63) is 53.1 Å². The van der Waals surface area contributed by atoms with Crippen LogP contribution >= 0.6 is 11.6 Å². The van der Waals surface area contributed by atoms with E-state index in [2.05, 4.69) is 5.32 Å². The molecule has 110 valence electrons. The summed E-state index contributed by atoms with van der Waals surface area (Å²) in [5.41, 5.74) is 1.72. The molecule has 0 radical (unpaired) electrons. The molecule has 2 aromatic rings. The smallest absolute Gasteiger partial charge is 0.175 e. The minimum absolute atomic E-state index is 0.126. The molecule has 4 nitrogen and oxygen atoms in total. The Bertz CT molecular complexity index is 772. The van der Waals surface area contributed by atoms with Crippen LogP contribution in [0.15, 0.2) is 47.4 Å². The van der Waals surface area contributed by atoms with Crippen molar-refractivity contribution in [2.75, 3.05) is 18.1 Å². The lowest BCUT2D eigenvalue weighted by Crippen LogP contribution is -2.23. The van der Waals surface area contributed by atoms with Crippen LogP contribution in [0.2, 0.25) is 5.02 Å². The summed E-state index contributed by atoms with van der Waals surface area (Å²) in [5.74, 6) is 0.647. The Morgan fingerprint density at radius 3 is 2.57 bits per heavy atom. The molecule has 21 heavy (non-hydrogen) atoms. The summed E-state index contributed by atoms with van der Waals surface area (Å²) in [5, 5.41) is 3.90. The van der Waals surface area contributed by atoms with Crippen molar-refractivity contribution in [3.63, 3.8) is 0 Å². The number of halogens is 1. The summed E-state index contributed by atoms with van der Waals surface area (Å²) in [6, 6.07) is 12.3. The molecule has 0 fully saturated rings. The largest absolute Gasteiger partial charge is 0.482 e. The fourth-order valence-corrected chi connectivity index (χ4v) is 3.01. The molecular weight excluding hydrogens is 310 g/mol. The molecule has 3 rings (SSSR count). The number of benzene rings is 2. The minimum Gasteiger partial charge on any atom is -0.482 e. The van der Waals surface area contributed by atoms with Gasteiger partial charge < -0.3 is 10.1 Å². The summed E-state index contributed by atoms with van der Waals surface area (Å²) in [4.78, 5) is 0.280. The van der Waals surface area contributed by atoms with Crippen LogP contribution in [0.25, 0.3) is 0 Å². The van der Waals surface area contributed by atoms with E-state index in [1.165, 1.54) is 6.26 Å². The standard InChI is InChI=1S/C15H14ClNO3S/c1-21(18,19)12-6-7-14-13(8-12)17-9-15(20-14)10-2-4-11(16)5-3-10/h2-8,15,17H,9H2,1H3. The molecule has 0 spiro atoms. The van der Waals surface area contributed by atoms with Crippen molar-refractivity contribution in [2.45, 2.75) is 11.0 Å². The molecular formula is C15H14ClNO3S. The zero-order chi connectivity index (χ0) is 15.0. The molecule has 0 bridgehead atoms. The van der Waals surface area contributed by atoms with E-state index in [0.29, 0.717) is 23.0 Å². The number of nitrogens with one attached hydrogen (secondary N) is 1. The minimum atomic E-state index is -3.22. The number of hydrogen-bond acceptors (Lipinski definition) is 4. The van der Waals surface area contributed by atoms with Crippen molar-refractivity contribution >= 4 is 27.1 Å². The maximum Gasteiger partial charge on any atom is 0.175 e. The zero-order valence-electron chi connectivity index (χ0n) is 11.3. The van der Waals surface area contributed by atoms with Gasteiger partial charge in [0.2, 0.25) is 0 Å². The SMILES string of the molecule is CS(=O)(=O)c1ccc2c(c1)NCC(c1ccc(Cl)cc1)O2. The summed E-state index contributed by atoms with van der Waals surface area (Å²) >= 11 is 5.88. The number of ether oxygens (including phenoxy) is 1. The van der Waals surface area contributed by atoms with Crippen LogP contribution < -0.4 is 10.1 Å². The van der Waals surface area contributed by atoms with Gasteiger partial charge >= 0.3 is 0 Å². The van der Waals surface area contributed by atoms with Crippen molar-refractivity contribution in [1.29, 1.82) is 0 Å². The zero-order valence-corrected chi connectivity index (χ0v) is 12.9. The number of anilines is 1. The first kappa shape index (κ1) is 14.2. The van der Waals surface area contributed by atoms with E-state index in [1.54, 1.807) is 18.2 Å². The topological polar surface area (TPSA) is 55.4 Å². The van der Waals surface area contributed by atoms with Gasteiger partial charge in [0.1, 0.15) is 11.9 Å². The number of rotatable bonds is 2. The third-order valence-corrected chi connectivity index (χ3v) is 4.73. The fourth-order valence-electron chi connectivity index (χ4n) is 2.24. The molecule has 2 aromatic carbocycles. The van der Waals surface area contributed by atoms with Crippen LogP contribution in [0.4, 0.5) is 5.69 Å². The van der Waals surface area contributed by atoms with E-state index < -0.39 is 9.84 Å². The van der Waals surface area contributed by atoms with Gasteiger partial charge in [0, 0.05) is 11.3 Å². The van der Waals surface area contributed by atoms with Gasteiger partial charge in [-0.15, -0.1) is 0 Å². The Morgan fingerprint density at radius 1 is 1.19 bits per heavy atom. The Kier molecular flexibility index (Phi) is 3.55. The molecule has 0 aromatic heterocycles. The first-order valence-corrected chi connectivity index (χ1v) is 8.70. The van der Waals surface area contributed by atoms with Crippen LogP contribution in [-0.2, 0) is 9.84 Å². The van der Waals surface area contributed by atoms with Crippen LogP contribution in [0.1, 0.15) is 11.7 Å². The highest BCUT2D eigenvalue weighted by Gasteiger charge is 2.22. The lowest BCUT2D eigenvalue weighted by Gasteiger charge is -2.28. The van der Waals surface area contributed by atoms with E-state index >= 15 is 0 Å². The Hall–Kier alpha value is -1.72. The molecule has 0 saturated heterocycles. The second-order valence-electron chi connectivity index (χ2n) is 4.97. The molecule has 1 N–H and O–H groups in total. The second-order valence-corrected chi connectivity index (χ2v) is 7.42. The monoisotopic (exact) mass is 323 g/mol. The van der Waals surface area contributed by atoms with Crippen LogP contribution in [0.5, 0.6) is 5.75 Å². The van der Waals surface area contributed by atoms with E-state index in [-0.39, 0.29) is 11.0 Å². The number of fused-ring (bicyclic) bond motifs is 1. The normalized spacial score (nSPS) is 17.5. The number of hydrogen-bond donors (Lipinski definition) is 1. The third-order valence-electron chi connectivity index (χ3n) is 3.37. The van der Waals surface area contributed by atoms with Gasteiger partial charge in [-0.05, 0) is 35.9 Å². The maximum atomic E-state index is 11.6. The average Bonchev–Trinajstić information content (AvgIpc) is 2.46. The summed E-state index contributed by atoms with van der Waals surface area (Å²) in [6.45, 7) is 0.571. The first-order chi connectivity index (χ1) is 9.93. The molecule has 1 aliphatic rings. The lowest BCUT2D eigenvalue weighted by molar-refractivity contribution is 0.210. The highest BCUT2D eigenvalue weighted by molar-refractivity contribution is 7.90. The van der Waals surface area contributed by atoms with Gasteiger partial charge in [0.15, 0.2) is 9.84 Å². The molecule has 1 heterocycles. The summed E-state index contributed by atoms with van der Waals surface area (Å²) in [7, 11) is -3.22. The van der Waals surface area contributed by atoms with Crippen molar-refractivity contribution in [2.24, 2.45) is 0 Å². The average molecular weight is 324 g/mol. The highest BCUT2D eigenvalue weighted by atomic mass is 35.5. The van der Waals surface area contributed by atoms with Gasteiger partial charge in [0.25, 0.3) is 0 Å². The molecule has 6 heteroatoms. The van der Waals surface area contributed by atoms with Gasteiger partial charge in [-0.2, -0.15) is 0 Å². The predicted octanol–water partition coefficient (Wildman–Crippen LogP) is 3.29. The summed E-state index contributed by atoms with van der Waals surface area (Å²) < 4.78 is 29.0. The predicted molar refractivity (Wildman–Crippen MR) is 82.9 cm³/mol. The van der Waals surface area contributed by atoms with E-state index in [0.717, 1.165) is 5.56 Å². The van der Waals surface area contributed by atoms with Crippen molar-refractivity contribution in [3.8, 4) is 5.75 Å². The lowest BCUT2D eigenvalue weighted by atomic mass is 10.1. The Morgan fingerprint density at radius 2 is 1.90 bits per heavy atom. The van der Waals surface area contributed by atoms with Gasteiger partial charge in [-0.3, -0.25) is 0 Å². The van der Waals surface area contributed by atoms with Crippen LogP contribution in [0.3, 0.4) is 0 Å². The van der Waals surface area contributed by atoms with Crippen LogP contribution in [-0.4, -0.2) is 21.2 Å². The molecule has 0 saturated carbocycles. The maximum absolute atomic E-state index is 11.6. The number of sulfone groups is 1. The molecule has 1 atom stereocenters.